The molecule has 1 amide bonds. The van der Waals surface area contributed by atoms with Crippen LogP contribution in [0, 0.1) is 0 Å². The van der Waals surface area contributed by atoms with Crippen molar-refractivity contribution in [3.8, 4) is 5.75 Å². The van der Waals surface area contributed by atoms with Crippen molar-refractivity contribution in [2.45, 2.75) is 12.7 Å². The van der Waals surface area contributed by atoms with Crippen LogP contribution in [0.1, 0.15) is 12.5 Å². The Balaban J connectivity index is 1.81. The Morgan fingerprint density at radius 2 is 2.05 bits per heavy atom. The van der Waals surface area contributed by atoms with Gasteiger partial charge in [0.1, 0.15) is 5.75 Å². The molecule has 0 saturated carbocycles. The van der Waals surface area contributed by atoms with Gasteiger partial charge >= 0.3 is 0 Å². The third kappa shape index (κ3) is 5.28. The number of carbonyl (C=O) groups is 1. The van der Waals surface area contributed by atoms with Gasteiger partial charge in [-0.3, -0.25) is 4.79 Å². The molecular weight excluding hydrogens is 318 g/mol. The number of thioether (sulfide) groups is 1. The van der Waals surface area contributed by atoms with E-state index in [0.29, 0.717) is 18.1 Å². The third-order valence-electron chi connectivity index (χ3n) is 2.88. The number of anilines is 1. The van der Waals surface area contributed by atoms with Crippen LogP contribution in [0.3, 0.4) is 0 Å². The van der Waals surface area contributed by atoms with Crippen LogP contribution in [-0.4, -0.2) is 18.3 Å². The van der Waals surface area contributed by atoms with Crippen molar-refractivity contribution >= 4 is 35.0 Å². The van der Waals surface area contributed by atoms with Gasteiger partial charge in [0.05, 0.1) is 12.4 Å². The first-order chi connectivity index (χ1) is 10.7. The first kappa shape index (κ1) is 16.7. The fourth-order valence-electron chi connectivity index (χ4n) is 1.90. The molecule has 2 aromatic carbocycles. The number of carbonyl (C=O) groups excluding carboxylic acids is 1. The Morgan fingerprint density at radius 1 is 1.23 bits per heavy atom. The maximum atomic E-state index is 12.0. The lowest BCUT2D eigenvalue weighted by molar-refractivity contribution is -0.113. The molecule has 0 fully saturated rings. The highest BCUT2D eigenvalue weighted by Gasteiger charge is 2.05. The number of nitrogens with one attached hydrogen (secondary N) is 1. The molecule has 0 atom stereocenters. The summed E-state index contributed by atoms with van der Waals surface area (Å²) in [5, 5.41) is 3.60. The molecule has 0 bridgehead atoms. The summed E-state index contributed by atoms with van der Waals surface area (Å²) in [5.74, 6) is 1.81. The number of hydrogen-bond acceptors (Lipinski definition) is 3. The van der Waals surface area contributed by atoms with Crippen molar-refractivity contribution in [2.75, 3.05) is 17.7 Å². The van der Waals surface area contributed by atoms with Gasteiger partial charge < -0.3 is 10.1 Å². The maximum Gasteiger partial charge on any atom is 0.234 e. The predicted octanol–water partition coefficient (Wildman–Crippen LogP) is 4.61. The summed E-state index contributed by atoms with van der Waals surface area (Å²) >= 11 is 7.62. The van der Waals surface area contributed by atoms with Gasteiger partial charge in [-0.15, -0.1) is 11.8 Å². The fourth-order valence-corrected chi connectivity index (χ4v) is 3.01. The first-order valence-corrected chi connectivity index (χ1v) is 8.56. The highest BCUT2D eigenvalue weighted by atomic mass is 35.5. The quantitative estimate of drug-likeness (QED) is 0.803. The minimum atomic E-state index is -0.0364. The van der Waals surface area contributed by atoms with Gasteiger partial charge in [-0.1, -0.05) is 35.9 Å². The summed E-state index contributed by atoms with van der Waals surface area (Å²) in [6.07, 6.45) is 0. The van der Waals surface area contributed by atoms with E-state index in [9.17, 15) is 4.79 Å². The summed E-state index contributed by atoms with van der Waals surface area (Å²) in [6.45, 7) is 2.53. The minimum Gasteiger partial charge on any atom is -0.494 e. The van der Waals surface area contributed by atoms with Crippen molar-refractivity contribution in [3.63, 3.8) is 0 Å². The van der Waals surface area contributed by atoms with Crippen molar-refractivity contribution in [3.05, 3.63) is 59.1 Å². The molecule has 0 aliphatic carbocycles. The molecule has 116 valence electrons. The average molecular weight is 336 g/mol. The molecule has 0 heterocycles. The van der Waals surface area contributed by atoms with Crippen LogP contribution in [0.5, 0.6) is 5.75 Å². The number of rotatable bonds is 7. The second kappa shape index (κ2) is 8.71. The van der Waals surface area contributed by atoms with E-state index in [0.717, 1.165) is 22.0 Å². The molecule has 1 N–H and O–H groups in total. The molecule has 0 radical (unpaired) electrons. The van der Waals surface area contributed by atoms with E-state index in [4.69, 9.17) is 16.3 Å². The molecule has 2 aromatic rings. The Hall–Kier alpha value is -1.65. The van der Waals surface area contributed by atoms with Crippen LogP contribution in [0.2, 0.25) is 5.02 Å². The molecule has 0 aliphatic heterocycles. The van der Waals surface area contributed by atoms with Crippen LogP contribution in [-0.2, 0) is 10.5 Å². The highest BCUT2D eigenvalue weighted by molar-refractivity contribution is 7.99. The van der Waals surface area contributed by atoms with E-state index in [1.165, 1.54) is 11.8 Å². The molecule has 5 heteroatoms. The van der Waals surface area contributed by atoms with Gasteiger partial charge in [-0.2, -0.15) is 0 Å². The van der Waals surface area contributed by atoms with Crippen molar-refractivity contribution < 1.29 is 9.53 Å². The van der Waals surface area contributed by atoms with Crippen LogP contribution in [0.4, 0.5) is 5.69 Å². The van der Waals surface area contributed by atoms with Gasteiger partial charge in [0.25, 0.3) is 0 Å². The molecule has 0 aromatic heterocycles. The van der Waals surface area contributed by atoms with Crippen molar-refractivity contribution in [2.24, 2.45) is 0 Å². The Labute approximate surface area is 140 Å². The fraction of sp³-hybridized carbons (Fsp3) is 0.235. The lowest BCUT2D eigenvalue weighted by Gasteiger charge is -2.08. The molecule has 0 aliphatic rings. The Kier molecular flexibility index (Phi) is 6.62. The van der Waals surface area contributed by atoms with E-state index >= 15 is 0 Å². The summed E-state index contributed by atoms with van der Waals surface area (Å²) in [6, 6.07) is 15.1. The van der Waals surface area contributed by atoms with Crippen molar-refractivity contribution in [1.29, 1.82) is 0 Å². The number of hydrogen-bond donors (Lipinski definition) is 1. The zero-order valence-electron chi connectivity index (χ0n) is 12.3. The largest absolute Gasteiger partial charge is 0.494 e. The smallest absolute Gasteiger partial charge is 0.234 e. The summed E-state index contributed by atoms with van der Waals surface area (Å²) < 4.78 is 5.41. The molecule has 0 spiro atoms. The number of ether oxygens (including phenoxy) is 1. The zero-order valence-corrected chi connectivity index (χ0v) is 13.9. The van der Waals surface area contributed by atoms with Gasteiger partial charge in [-0.05, 0) is 30.7 Å². The first-order valence-electron chi connectivity index (χ1n) is 7.03. The Bertz CT molecular complexity index is 634. The standard InChI is InChI=1S/C17H18ClNO2S/c1-2-21-15-8-5-7-14(10-15)19-17(20)12-22-11-13-6-3-4-9-16(13)18/h3-10H,2,11-12H2,1H3,(H,19,20). The Morgan fingerprint density at radius 3 is 2.82 bits per heavy atom. The van der Waals surface area contributed by atoms with Gasteiger partial charge in [0.2, 0.25) is 5.91 Å². The number of amides is 1. The number of halogens is 1. The highest BCUT2D eigenvalue weighted by Crippen LogP contribution is 2.21. The maximum absolute atomic E-state index is 12.0. The molecule has 3 nitrogen and oxygen atoms in total. The van der Waals surface area contributed by atoms with Crippen LogP contribution >= 0.6 is 23.4 Å². The summed E-state index contributed by atoms with van der Waals surface area (Å²) in [4.78, 5) is 12.0. The average Bonchev–Trinajstić information content (AvgIpc) is 2.50. The lowest BCUT2D eigenvalue weighted by atomic mass is 10.2. The van der Waals surface area contributed by atoms with E-state index in [2.05, 4.69) is 5.32 Å². The lowest BCUT2D eigenvalue weighted by Crippen LogP contribution is -2.14. The number of benzene rings is 2. The SMILES string of the molecule is CCOc1cccc(NC(=O)CSCc2ccccc2Cl)c1. The van der Waals surface area contributed by atoms with E-state index in [-0.39, 0.29) is 5.91 Å². The van der Waals surface area contributed by atoms with Crippen molar-refractivity contribution in [1.82, 2.24) is 0 Å². The monoisotopic (exact) mass is 335 g/mol. The zero-order chi connectivity index (χ0) is 15.8. The van der Waals surface area contributed by atoms with Crippen LogP contribution < -0.4 is 10.1 Å². The van der Waals surface area contributed by atoms with Gasteiger partial charge in [0, 0.05) is 22.5 Å². The topological polar surface area (TPSA) is 38.3 Å². The predicted molar refractivity (Wildman–Crippen MR) is 93.9 cm³/mol. The van der Waals surface area contributed by atoms with Gasteiger partial charge in [-0.25, -0.2) is 0 Å². The van der Waals surface area contributed by atoms with Crippen LogP contribution in [0.25, 0.3) is 0 Å². The van der Waals surface area contributed by atoms with Crippen LogP contribution in [0.15, 0.2) is 48.5 Å². The van der Waals surface area contributed by atoms with E-state index in [1.54, 1.807) is 0 Å². The molecule has 22 heavy (non-hydrogen) atoms. The molecule has 0 saturated heterocycles. The van der Waals surface area contributed by atoms with E-state index < -0.39 is 0 Å². The van der Waals surface area contributed by atoms with Gasteiger partial charge in [0.15, 0.2) is 0 Å². The van der Waals surface area contributed by atoms with E-state index in [1.807, 2.05) is 55.5 Å². The third-order valence-corrected chi connectivity index (χ3v) is 4.23. The molecule has 0 unspecified atom stereocenters. The molecule has 2 rings (SSSR count). The normalized spacial score (nSPS) is 10.3. The minimum absolute atomic E-state index is 0.0364. The second-order valence-corrected chi connectivity index (χ2v) is 5.99. The second-order valence-electron chi connectivity index (χ2n) is 4.59. The summed E-state index contributed by atoms with van der Waals surface area (Å²) in [7, 11) is 0. The molecular formula is C17H18ClNO2S. The summed E-state index contributed by atoms with van der Waals surface area (Å²) in [5.41, 5.74) is 1.79.